The van der Waals surface area contributed by atoms with E-state index in [1.807, 2.05) is 0 Å². The Hall–Kier alpha value is -3.48. The van der Waals surface area contributed by atoms with Crippen molar-refractivity contribution in [3.8, 4) is 11.5 Å². The number of benzene rings is 3. The third-order valence-corrected chi connectivity index (χ3v) is 6.38. The molecule has 6 nitrogen and oxygen atoms in total. The Morgan fingerprint density at radius 2 is 1.66 bits per heavy atom. The minimum Gasteiger partial charge on any atom is -0.493 e. The number of ether oxygens (including phenoxy) is 3. The van der Waals surface area contributed by atoms with Crippen LogP contribution in [0.25, 0.3) is 6.08 Å². The third kappa shape index (κ3) is 8.82. The van der Waals surface area contributed by atoms with Crippen molar-refractivity contribution in [1.29, 1.82) is 0 Å². The number of nitrogens with one attached hydrogen (secondary N) is 1. The largest absolute Gasteiger partial charge is 0.493 e. The maximum Gasteiger partial charge on any atom is 0.338 e. The van der Waals surface area contributed by atoms with Gasteiger partial charge in [-0.15, -0.1) is 0 Å². The molecule has 0 radical (unpaired) electrons. The number of amides is 1. The van der Waals surface area contributed by atoms with E-state index in [1.54, 1.807) is 66.7 Å². The molecular formula is C30H31Cl2NO5. The van der Waals surface area contributed by atoms with Crippen LogP contribution in [0.2, 0.25) is 10.0 Å². The second-order valence-corrected chi connectivity index (χ2v) is 9.31. The van der Waals surface area contributed by atoms with Gasteiger partial charge in [0.2, 0.25) is 5.91 Å². The highest BCUT2D eigenvalue weighted by atomic mass is 35.5. The first kappa shape index (κ1) is 29.1. The van der Waals surface area contributed by atoms with E-state index in [1.165, 1.54) is 13.2 Å². The number of carbonyl (C=O) groups is 2. The van der Waals surface area contributed by atoms with Gasteiger partial charge in [-0.05, 0) is 66.6 Å². The Morgan fingerprint density at radius 1 is 0.921 bits per heavy atom. The van der Waals surface area contributed by atoms with Gasteiger partial charge >= 0.3 is 5.97 Å². The fraction of sp³-hybridized carbons (Fsp3) is 0.267. The van der Waals surface area contributed by atoms with Gasteiger partial charge in [0.1, 0.15) is 6.61 Å². The van der Waals surface area contributed by atoms with Gasteiger partial charge in [0.05, 0.1) is 19.3 Å². The smallest absolute Gasteiger partial charge is 0.338 e. The van der Waals surface area contributed by atoms with Crippen molar-refractivity contribution in [3.63, 3.8) is 0 Å². The topological polar surface area (TPSA) is 73.9 Å². The molecule has 0 heterocycles. The van der Waals surface area contributed by atoms with E-state index in [-0.39, 0.29) is 18.5 Å². The number of methoxy groups -OCH3 is 1. The maximum atomic E-state index is 12.4. The molecule has 1 N–H and O–H groups in total. The van der Waals surface area contributed by atoms with E-state index < -0.39 is 0 Å². The molecule has 3 rings (SSSR count). The number of esters is 1. The molecule has 0 bridgehead atoms. The molecule has 0 aliphatic heterocycles. The molecule has 3 aromatic carbocycles. The van der Waals surface area contributed by atoms with Crippen LogP contribution in [0.1, 0.15) is 54.1 Å². The first-order chi connectivity index (χ1) is 18.4. The van der Waals surface area contributed by atoms with E-state index in [2.05, 4.69) is 12.2 Å². The lowest BCUT2D eigenvalue weighted by Crippen LogP contribution is -2.09. The molecule has 0 fully saturated rings. The van der Waals surface area contributed by atoms with Crippen molar-refractivity contribution in [1.82, 2.24) is 0 Å². The number of hydrogen-bond acceptors (Lipinski definition) is 5. The Bertz CT molecular complexity index is 1240. The molecule has 0 atom stereocenters. The van der Waals surface area contributed by atoms with Crippen LogP contribution in [0, 0.1) is 0 Å². The molecule has 3 aromatic rings. The van der Waals surface area contributed by atoms with Crippen molar-refractivity contribution >= 4 is 46.8 Å². The summed E-state index contributed by atoms with van der Waals surface area (Å²) in [4.78, 5) is 24.5. The van der Waals surface area contributed by atoms with Crippen LogP contribution in [0.15, 0.2) is 66.7 Å². The van der Waals surface area contributed by atoms with Gasteiger partial charge in [-0.25, -0.2) is 4.79 Å². The van der Waals surface area contributed by atoms with Gasteiger partial charge in [0.25, 0.3) is 0 Å². The predicted molar refractivity (Wildman–Crippen MR) is 152 cm³/mol. The summed E-state index contributed by atoms with van der Waals surface area (Å²) in [6.07, 6.45) is 7.25. The zero-order valence-corrected chi connectivity index (χ0v) is 23.0. The monoisotopic (exact) mass is 555 g/mol. The molecule has 1 amide bonds. The summed E-state index contributed by atoms with van der Waals surface area (Å²) in [5.41, 5.74) is 2.45. The lowest BCUT2D eigenvalue weighted by Gasteiger charge is -2.13. The Labute approximate surface area is 233 Å². The van der Waals surface area contributed by atoms with Crippen LogP contribution in [-0.4, -0.2) is 25.6 Å². The van der Waals surface area contributed by atoms with E-state index in [4.69, 9.17) is 37.4 Å². The molecule has 0 saturated heterocycles. The Balaban J connectivity index is 1.53. The van der Waals surface area contributed by atoms with Crippen molar-refractivity contribution in [2.45, 2.75) is 39.2 Å². The number of halogens is 2. The van der Waals surface area contributed by atoms with Crippen LogP contribution in [0.3, 0.4) is 0 Å². The standard InChI is InChI=1S/C30H31Cl2NO5/c1-3-4-5-6-18-37-30(35)22-12-14-23(15-13-22)33-29(34)17-11-21-10-16-27(28(19-21)36-2)38-20-24-25(31)8-7-9-26(24)32/h7-17,19H,3-6,18,20H2,1-2H3,(H,33,34)/b17-11+. The van der Waals surface area contributed by atoms with Gasteiger partial charge in [0.15, 0.2) is 11.5 Å². The Kier molecular flexibility index (Phi) is 11.5. The summed E-state index contributed by atoms with van der Waals surface area (Å²) in [5, 5.41) is 3.82. The number of anilines is 1. The fourth-order valence-electron chi connectivity index (χ4n) is 3.55. The molecule has 0 unspecified atom stereocenters. The minimum atomic E-state index is -0.365. The van der Waals surface area contributed by atoms with Crippen molar-refractivity contribution in [2.75, 3.05) is 19.0 Å². The fourth-order valence-corrected chi connectivity index (χ4v) is 4.06. The summed E-state index contributed by atoms with van der Waals surface area (Å²) in [5.74, 6) is 0.341. The second-order valence-electron chi connectivity index (χ2n) is 8.50. The highest BCUT2D eigenvalue weighted by Gasteiger charge is 2.10. The van der Waals surface area contributed by atoms with Gasteiger partial charge in [-0.2, -0.15) is 0 Å². The van der Waals surface area contributed by atoms with Gasteiger partial charge in [-0.1, -0.05) is 61.5 Å². The third-order valence-electron chi connectivity index (χ3n) is 5.67. The van der Waals surface area contributed by atoms with Crippen molar-refractivity contribution in [3.05, 3.63) is 93.5 Å². The van der Waals surface area contributed by atoms with Crippen LogP contribution >= 0.6 is 23.2 Å². The van der Waals surface area contributed by atoms with E-state index in [0.717, 1.165) is 31.2 Å². The van der Waals surface area contributed by atoms with Gasteiger partial charge in [0, 0.05) is 27.4 Å². The van der Waals surface area contributed by atoms with Crippen LogP contribution in [0.4, 0.5) is 5.69 Å². The molecule has 0 aromatic heterocycles. The van der Waals surface area contributed by atoms with Gasteiger partial charge < -0.3 is 19.5 Å². The summed E-state index contributed by atoms with van der Waals surface area (Å²) < 4.78 is 16.6. The van der Waals surface area contributed by atoms with E-state index in [9.17, 15) is 9.59 Å². The molecule has 200 valence electrons. The van der Waals surface area contributed by atoms with Crippen LogP contribution in [-0.2, 0) is 16.1 Å². The van der Waals surface area contributed by atoms with Crippen molar-refractivity contribution in [2.24, 2.45) is 0 Å². The lowest BCUT2D eigenvalue weighted by atomic mass is 10.1. The van der Waals surface area contributed by atoms with Crippen LogP contribution < -0.4 is 14.8 Å². The molecule has 0 aliphatic carbocycles. The van der Waals surface area contributed by atoms with E-state index >= 15 is 0 Å². The molecule has 38 heavy (non-hydrogen) atoms. The molecule has 0 aliphatic rings. The minimum absolute atomic E-state index is 0.182. The quantitative estimate of drug-likeness (QED) is 0.131. The molecular weight excluding hydrogens is 525 g/mol. The molecule has 0 saturated carbocycles. The van der Waals surface area contributed by atoms with Crippen LogP contribution in [0.5, 0.6) is 11.5 Å². The summed E-state index contributed by atoms with van der Waals surface area (Å²) >= 11 is 12.4. The lowest BCUT2D eigenvalue weighted by molar-refractivity contribution is -0.111. The summed E-state index contributed by atoms with van der Waals surface area (Å²) in [6.45, 7) is 2.73. The predicted octanol–water partition coefficient (Wildman–Crippen LogP) is 7.97. The number of hydrogen-bond donors (Lipinski definition) is 1. The van der Waals surface area contributed by atoms with E-state index in [0.29, 0.717) is 45.0 Å². The SMILES string of the molecule is CCCCCCOC(=O)c1ccc(NC(=O)/C=C/c2ccc(OCc3c(Cl)cccc3Cl)c(OC)c2)cc1. The van der Waals surface area contributed by atoms with Crippen molar-refractivity contribution < 1.29 is 23.8 Å². The number of rotatable bonds is 13. The average Bonchev–Trinajstić information content (AvgIpc) is 2.92. The molecule has 0 spiro atoms. The normalized spacial score (nSPS) is 10.8. The first-order valence-corrected chi connectivity index (χ1v) is 13.2. The summed E-state index contributed by atoms with van der Waals surface area (Å²) in [7, 11) is 1.54. The van der Waals surface area contributed by atoms with Gasteiger partial charge in [-0.3, -0.25) is 4.79 Å². The highest BCUT2D eigenvalue weighted by molar-refractivity contribution is 6.35. The zero-order chi connectivity index (χ0) is 27.3. The molecule has 8 heteroatoms. The number of carbonyl (C=O) groups excluding carboxylic acids is 2. The number of unbranched alkanes of at least 4 members (excludes halogenated alkanes) is 3. The Morgan fingerprint density at radius 3 is 2.34 bits per heavy atom. The average molecular weight is 556 g/mol. The maximum absolute atomic E-state index is 12.4. The summed E-state index contributed by atoms with van der Waals surface area (Å²) in [6, 6.07) is 17.2. The zero-order valence-electron chi connectivity index (χ0n) is 21.5. The first-order valence-electron chi connectivity index (χ1n) is 12.4. The second kappa shape index (κ2) is 15.1. The highest BCUT2D eigenvalue weighted by Crippen LogP contribution is 2.31.